The Balaban J connectivity index is 2.63. The third-order valence-corrected chi connectivity index (χ3v) is 2.65. The van der Waals surface area contributed by atoms with Gasteiger partial charge in [0.1, 0.15) is 0 Å². The smallest absolute Gasteiger partial charge is 0.179 e. The molecule has 3 nitrogen and oxygen atoms in total. The molecule has 0 aromatic carbocycles. The summed E-state index contributed by atoms with van der Waals surface area (Å²) in [6, 6.07) is 1.84. The van der Waals surface area contributed by atoms with Gasteiger partial charge < -0.3 is 9.55 Å². The molecule has 0 fully saturated rings. The van der Waals surface area contributed by atoms with Crippen LogP contribution < -0.4 is 0 Å². The Morgan fingerprint density at radius 3 is 3.00 bits per heavy atom. The number of nitrogens with zero attached hydrogens (tertiary/aromatic N) is 2. The van der Waals surface area contributed by atoms with E-state index in [4.69, 9.17) is 23.8 Å². The molecule has 2 aromatic rings. The van der Waals surface area contributed by atoms with Gasteiger partial charge >= 0.3 is 0 Å². The second-order valence-electron chi connectivity index (χ2n) is 3.96. The van der Waals surface area contributed by atoms with Gasteiger partial charge in [-0.1, -0.05) is 25.4 Å². The number of fused-ring (bicyclic) bond motifs is 1. The molecule has 0 saturated heterocycles. The van der Waals surface area contributed by atoms with Gasteiger partial charge in [0.05, 0.1) is 10.5 Å². The van der Waals surface area contributed by atoms with Crippen molar-refractivity contribution in [2.75, 3.05) is 0 Å². The molecule has 0 spiro atoms. The van der Waals surface area contributed by atoms with Crippen LogP contribution in [-0.2, 0) is 6.54 Å². The summed E-state index contributed by atoms with van der Waals surface area (Å²) in [4.78, 5) is 7.39. The van der Waals surface area contributed by atoms with Gasteiger partial charge in [0, 0.05) is 12.7 Å². The standard InChI is InChI=1S/C10H12ClN3S/c1-6(2)5-14-9-8(13-10(14)15)3-7(11)4-12-9/h3-4,6H,5H2,1-2H3,(H,13,15). The van der Waals surface area contributed by atoms with Crippen molar-refractivity contribution in [3.63, 3.8) is 0 Å². The SMILES string of the molecule is CC(C)Cn1c(=S)[nH]c2cc(Cl)cnc21. The lowest BCUT2D eigenvalue weighted by atomic mass is 10.2. The first-order chi connectivity index (χ1) is 7.08. The second-order valence-corrected chi connectivity index (χ2v) is 4.78. The highest BCUT2D eigenvalue weighted by molar-refractivity contribution is 7.71. The molecule has 0 radical (unpaired) electrons. The predicted octanol–water partition coefficient (Wildman–Crippen LogP) is 3.40. The van der Waals surface area contributed by atoms with Gasteiger partial charge in [-0.25, -0.2) is 4.98 Å². The number of pyridine rings is 1. The zero-order chi connectivity index (χ0) is 11.0. The molecule has 15 heavy (non-hydrogen) atoms. The molecule has 1 N–H and O–H groups in total. The first-order valence-electron chi connectivity index (χ1n) is 4.82. The molecule has 80 valence electrons. The van der Waals surface area contributed by atoms with Crippen LogP contribution in [0.5, 0.6) is 0 Å². The zero-order valence-corrected chi connectivity index (χ0v) is 10.2. The molecule has 0 bridgehead atoms. The number of rotatable bonds is 2. The average Bonchev–Trinajstić information content (AvgIpc) is 2.41. The van der Waals surface area contributed by atoms with Gasteiger partial charge in [0.2, 0.25) is 0 Å². The van der Waals surface area contributed by atoms with E-state index in [0.717, 1.165) is 17.7 Å². The molecule has 2 aromatic heterocycles. The van der Waals surface area contributed by atoms with Crippen LogP contribution in [0.25, 0.3) is 11.2 Å². The van der Waals surface area contributed by atoms with Gasteiger partial charge in [-0.2, -0.15) is 0 Å². The summed E-state index contributed by atoms with van der Waals surface area (Å²) in [5.41, 5.74) is 1.77. The summed E-state index contributed by atoms with van der Waals surface area (Å²) in [6.45, 7) is 5.17. The van der Waals surface area contributed by atoms with E-state index >= 15 is 0 Å². The molecular weight excluding hydrogens is 230 g/mol. The minimum Gasteiger partial charge on any atom is -0.329 e. The van der Waals surface area contributed by atoms with Gasteiger partial charge in [-0.05, 0) is 24.2 Å². The Hall–Kier alpha value is -0.870. The topological polar surface area (TPSA) is 33.6 Å². The van der Waals surface area contributed by atoms with Crippen LogP contribution in [0.3, 0.4) is 0 Å². The average molecular weight is 242 g/mol. The molecule has 0 aliphatic rings. The minimum atomic E-state index is 0.535. The van der Waals surface area contributed by atoms with E-state index in [1.165, 1.54) is 0 Å². The lowest BCUT2D eigenvalue weighted by Crippen LogP contribution is -2.04. The number of nitrogens with one attached hydrogen (secondary N) is 1. The van der Waals surface area contributed by atoms with Crippen molar-refractivity contribution in [1.29, 1.82) is 0 Å². The van der Waals surface area contributed by atoms with Gasteiger partial charge in [0.15, 0.2) is 10.4 Å². The first-order valence-corrected chi connectivity index (χ1v) is 5.60. The van der Waals surface area contributed by atoms with E-state index in [1.807, 2.05) is 10.6 Å². The van der Waals surface area contributed by atoms with Crippen LogP contribution in [0, 0.1) is 10.7 Å². The number of hydrogen-bond acceptors (Lipinski definition) is 2. The van der Waals surface area contributed by atoms with Crippen molar-refractivity contribution in [1.82, 2.24) is 14.5 Å². The normalized spacial score (nSPS) is 11.5. The van der Waals surface area contributed by atoms with Gasteiger partial charge in [-0.3, -0.25) is 0 Å². The Kier molecular flexibility index (Phi) is 2.80. The Labute approximate surface area is 98.1 Å². The summed E-state index contributed by atoms with van der Waals surface area (Å²) in [5.74, 6) is 0.535. The maximum absolute atomic E-state index is 5.86. The van der Waals surface area contributed by atoms with E-state index < -0.39 is 0 Å². The maximum atomic E-state index is 5.86. The van der Waals surface area contributed by atoms with Gasteiger partial charge in [-0.15, -0.1) is 0 Å². The fourth-order valence-electron chi connectivity index (χ4n) is 1.55. The van der Waals surface area contributed by atoms with Crippen LogP contribution in [0.4, 0.5) is 0 Å². The van der Waals surface area contributed by atoms with Crippen molar-refractivity contribution < 1.29 is 0 Å². The Morgan fingerprint density at radius 2 is 2.33 bits per heavy atom. The van der Waals surface area contributed by atoms with E-state index in [2.05, 4.69) is 23.8 Å². The summed E-state index contributed by atoms with van der Waals surface area (Å²) in [7, 11) is 0. The van der Waals surface area contributed by atoms with Crippen molar-refractivity contribution in [3.05, 3.63) is 22.1 Å². The molecule has 5 heteroatoms. The van der Waals surface area contributed by atoms with Crippen molar-refractivity contribution in [2.45, 2.75) is 20.4 Å². The second kappa shape index (κ2) is 3.94. The largest absolute Gasteiger partial charge is 0.329 e. The molecule has 0 saturated carbocycles. The quantitative estimate of drug-likeness (QED) is 0.818. The van der Waals surface area contributed by atoms with Crippen LogP contribution in [0.1, 0.15) is 13.8 Å². The molecule has 2 rings (SSSR count). The van der Waals surface area contributed by atoms with E-state index in [-0.39, 0.29) is 0 Å². The molecule has 0 unspecified atom stereocenters. The lowest BCUT2D eigenvalue weighted by Gasteiger charge is -2.06. The first kappa shape index (κ1) is 10.6. The van der Waals surface area contributed by atoms with Crippen LogP contribution in [-0.4, -0.2) is 14.5 Å². The van der Waals surface area contributed by atoms with Gasteiger partial charge in [0.25, 0.3) is 0 Å². The van der Waals surface area contributed by atoms with E-state index in [0.29, 0.717) is 15.7 Å². The molecule has 0 aliphatic heterocycles. The lowest BCUT2D eigenvalue weighted by molar-refractivity contribution is 0.526. The molecular formula is C10H12ClN3S. The molecule has 0 atom stereocenters. The van der Waals surface area contributed by atoms with E-state index in [1.54, 1.807) is 6.20 Å². The minimum absolute atomic E-state index is 0.535. The summed E-state index contributed by atoms with van der Waals surface area (Å²) in [5, 5.41) is 0.621. The zero-order valence-electron chi connectivity index (χ0n) is 8.62. The van der Waals surface area contributed by atoms with Crippen molar-refractivity contribution in [2.24, 2.45) is 5.92 Å². The number of H-pyrrole nitrogens is 1. The van der Waals surface area contributed by atoms with Crippen molar-refractivity contribution >= 4 is 35.0 Å². The molecule has 0 amide bonds. The highest BCUT2D eigenvalue weighted by atomic mass is 35.5. The van der Waals surface area contributed by atoms with E-state index in [9.17, 15) is 0 Å². The number of aromatic amines is 1. The fraction of sp³-hybridized carbons (Fsp3) is 0.400. The Morgan fingerprint density at radius 1 is 1.60 bits per heavy atom. The highest BCUT2D eigenvalue weighted by Gasteiger charge is 2.07. The monoisotopic (exact) mass is 241 g/mol. The highest BCUT2D eigenvalue weighted by Crippen LogP contribution is 2.17. The molecule has 2 heterocycles. The predicted molar refractivity (Wildman–Crippen MR) is 64.8 cm³/mol. The van der Waals surface area contributed by atoms with Crippen LogP contribution in [0.15, 0.2) is 12.3 Å². The Bertz CT molecular complexity index is 541. The maximum Gasteiger partial charge on any atom is 0.179 e. The third-order valence-electron chi connectivity index (χ3n) is 2.12. The number of aromatic nitrogens is 3. The number of halogens is 1. The van der Waals surface area contributed by atoms with Crippen molar-refractivity contribution in [3.8, 4) is 0 Å². The summed E-state index contributed by atoms with van der Waals surface area (Å²) in [6.07, 6.45) is 1.64. The molecule has 0 aliphatic carbocycles. The summed E-state index contributed by atoms with van der Waals surface area (Å²) < 4.78 is 2.71. The number of hydrogen-bond donors (Lipinski definition) is 1. The number of imidazole rings is 1. The van der Waals surface area contributed by atoms with Crippen LogP contribution in [0.2, 0.25) is 5.02 Å². The summed E-state index contributed by atoms with van der Waals surface area (Å²) >= 11 is 11.1. The fourth-order valence-corrected chi connectivity index (χ4v) is 1.98. The van der Waals surface area contributed by atoms with Crippen LogP contribution >= 0.6 is 23.8 Å². The third kappa shape index (κ3) is 2.06.